The lowest BCUT2D eigenvalue weighted by Gasteiger charge is -2.39. The topological polar surface area (TPSA) is 116 Å². The molecule has 1 aliphatic heterocycles. The van der Waals surface area contributed by atoms with Crippen molar-refractivity contribution >= 4 is 17.4 Å². The Morgan fingerprint density at radius 3 is 2.30 bits per heavy atom. The third-order valence-corrected chi connectivity index (χ3v) is 4.46. The van der Waals surface area contributed by atoms with Crippen LogP contribution in [0.15, 0.2) is 24.3 Å². The number of ether oxygens (including phenoxy) is 1. The Kier molecular flexibility index (Phi) is 5.25. The molecular formula is C13H19NO5S. The summed E-state index contributed by atoms with van der Waals surface area (Å²) in [7, 11) is 0. The number of hydrogen-bond acceptors (Lipinski definition) is 7. The predicted octanol–water partition coefficient (Wildman–Crippen LogP) is -0.698. The molecule has 20 heavy (non-hydrogen) atoms. The number of rotatable bonds is 4. The molecule has 1 aromatic rings. The quantitative estimate of drug-likeness (QED) is 0.467. The second kappa shape index (κ2) is 6.75. The van der Waals surface area contributed by atoms with Gasteiger partial charge >= 0.3 is 0 Å². The van der Waals surface area contributed by atoms with Gasteiger partial charge in [-0.15, -0.1) is 11.8 Å². The van der Waals surface area contributed by atoms with E-state index in [0.717, 1.165) is 5.56 Å². The van der Waals surface area contributed by atoms with Gasteiger partial charge in [0.25, 0.3) is 0 Å². The van der Waals surface area contributed by atoms with E-state index >= 15 is 0 Å². The SMILES string of the molecule is Nc1ccc(CS[C@H]2O[C@@H](CO)[C@H](O)[C@H](O)[C@H]2O)cc1. The summed E-state index contributed by atoms with van der Waals surface area (Å²) in [6.07, 6.45) is -4.71. The standard InChI is InChI=1S/C13H19NO5S/c14-8-3-1-7(2-4-8)6-20-13-12(18)11(17)10(16)9(5-15)19-13/h1-4,9-13,15-18H,5-6,14H2/t9-,10-,11-,12+,13+/m0/s1. The van der Waals surface area contributed by atoms with Crippen molar-refractivity contribution in [1.82, 2.24) is 0 Å². The average molecular weight is 301 g/mol. The van der Waals surface area contributed by atoms with Crippen LogP contribution in [0.5, 0.6) is 0 Å². The number of nitrogen functional groups attached to an aromatic ring is 1. The molecule has 0 bridgehead atoms. The van der Waals surface area contributed by atoms with Gasteiger partial charge in [-0.25, -0.2) is 0 Å². The van der Waals surface area contributed by atoms with Gasteiger partial charge in [0.15, 0.2) is 0 Å². The fraction of sp³-hybridized carbons (Fsp3) is 0.538. The highest BCUT2D eigenvalue weighted by Gasteiger charge is 2.43. The summed E-state index contributed by atoms with van der Waals surface area (Å²) in [5.74, 6) is 0.559. The first-order valence-corrected chi connectivity index (χ1v) is 7.34. The Balaban J connectivity index is 1.95. The second-order valence-electron chi connectivity index (χ2n) is 4.75. The molecule has 1 fully saturated rings. The molecule has 0 amide bonds. The molecule has 1 aliphatic rings. The number of nitrogens with two attached hydrogens (primary N) is 1. The van der Waals surface area contributed by atoms with E-state index in [9.17, 15) is 15.3 Å². The van der Waals surface area contributed by atoms with Crippen LogP contribution in [0.25, 0.3) is 0 Å². The lowest BCUT2D eigenvalue weighted by molar-refractivity contribution is -0.205. The molecule has 112 valence electrons. The molecule has 0 saturated carbocycles. The van der Waals surface area contributed by atoms with Crippen LogP contribution in [0.3, 0.4) is 0 Å². The van der Waals surface area contributed by atoms with E-state index < -0.39 is 36.5 Å². The van der Waals surface area contributed by atoms with Crippen molar-refractivity contribution in [2.24, 2.45) is 0 Å². The van der Waals surface area contributed by atoms with Gasteiger partial charge in [-0.2, -0.15) is 0 Å². The van der Waals surface area contributed by atoms with E-state index in [4.69, 9.17) is 15.6 Å². The second-order valence-corrected chi connectivity index (χ2v) is 5.84. The van der Waals surface area contributed by atoms with Gasteiger partial charge in [-0.05, 0) is 17.7 Å². The maximum Gasteiger partial charge on any atom is 0.132 e. The fourth-order valence-corrected chi connectivity index (χ4v) is 3.13. The average Bonchev–Trinajstić information content (AvgIpc) is 2.46. The lowest BCUT2D eigenvalue weighted by atomic mass is 10.0. The van der Waals surface area contributed by atoms with Gasteiger partial charge in [0, 0.05) is 11.4 Å². The summed E-state index contributed by atoms with van der Waals surface area (Å²) in [5.41, 5.74) is 6.57. The smallest absolute Gasteiger partial charge is 0.132 e. The highest BCUT2D eigenvalue weighted by atomic mass is 32.2. The first kappa shape index (κ1) is 15.6. The van der Waals surface area contributed by atoms with Crippen molar-refractivity contribution in [3.8, 4) is 0 Å². The Labute approximate surface area is 121 Å². The zero-order valence-electron chi connectivity index (χ0n) is 10.8. The van der Waals surface area contributed by atoms with Gasteiger partial charge in [0.1, 0.15) is 29.9 Å². The monoisotopic (exact) mass is 301 g/mol. The Morgan fingerprint density at radius 1 is 1.05 bits per heavy atom. The van der Waals surface area contributed by atoms with Gasteiger partial charge in [-0.1, -0.05) is 12.1 Å². The number of aliphatic hydroxyl groups excluding tert-OH is 4. The molecule has 0 radical (unpaired) electrons. The Morgan fingerprint density at radius 2 is 1.70 bits per heavy atom. The maximum atomic E-state index is 9.89. The summed E-state index contributed by atoms with van der Waals surface area (Å²) in [4.78, 5) is 0. The van der Waals surface area contributed by atoms with Crippen molar-refractivity contribution in [3.63, 3.8) is 0 Å². The largest absolute Gasteiger partial charge is 0.399 e. The van der Waals surface area contributed by atoms with Gasteiger partial charge in [0.2, 0.25) is 0 Å². The van der Waals surface area contributed by atoms with Crippen LogP contribution < -0.4 is 5.73 Å². The molecule has 5 atom stereocenters. The molecule has 6 nitrogen and oxygen atoms in total. The van der Waals surface area contributed by atoms with Crippen LogP contribution in [0.4, 0.5) is 5.69 Å². The van der Waals surface area contributed by atoms with E-state index in [1.54, 1.807) is 12.1 Å². The van der Waals surface area contributed by atoms with E-state index in [0.29, 0.717) is 11.4 Å². The van der Waals surface area contributed by atoms with Gasteiger partial charge < -0.3 is 30.9 Å². The van der Waals surface area contributed by atoms with Crippen molar-refractivity contribution in [2.45, 2.75) is 35.6 Å². The molecular weight excluding hydrogens is 282 g/mol. The van der Waals surface area contributed by atoms with Crippen molar-refractivity contribution in [1.29, 1.82) is 0 Å². The maximum absolute atomic E-state index is 9.89. The minimum absolute atomic E-state index is 0.413. The van der Waals surface area contributed by atoms with Crippen LogP contribution in [0, 0.1) is 0 Å². The van der Waals surface area contributed by atoms with Crippen molar-refractivity contribution in [2.75, 3.05) is 12.3 Å². The highest BCUT2D eigenvalue weighted by molar-refractivity contribution is 7.99. The zero-order chi connectivity index (χ0) is 14.7. The molecule has 1 saturated heterocycles. The van der Waals surface area contributed by atoms with Crippen molar-refractivity contribution < 1.29 is 25.2 Å². The Hall–Kier alpha value is -0.830. The number of benzene rings is 1. The van der Waals surface area contributed by atoms with Crippen LogP contribution in [-0.4, -0.2) is 56.9 Å². The minimum atomic E-state index is -1.33. The third kappa shape index (κ3) is 3.43. The van der Waals surface area contributed by atoms with E-state index in [1.165, 1.54) is 11.8 Å². The fourth-order valence-electron chi connectivity index (χ4n) is 2.00. The minimum Gasteiger partial charge on any atom is -0.399 e. The summed E-state index contributed by atoms with van der Waals surface area (Å²) < 4.78 is 5.40. The molecule has 0 unspecified atom stereocenters. The molecule has 7 heteroatoms. The number of hydrogen-bond donors (Lipinski definition) is 5. The number of aliphatic hydroxyl groups is 4. The Bertz CT molecular complexity index is 427. The predicted molar refractivity (Wildman–Crippen MR) is 75.9 cm³/mol. The van der Waals surface area contributed by atoms with Crippen LogP contribution >= 0.6 is 11.8 Å². The van der Waals surface area contributed by atoms with Crippen molar-refractivity contribution in [3.05, 3.63) is 29.8 Å². The van der Waals surface area contributed by atoms with Crippen LogP contribution in [0.2, 0.25) is 0 Å². The first-order valence-electron chi connectivity index (χ1n) is 6.29. The zero-order valence-corrected chi connectivity index (χ0v) is 11.6. The van der Waals surface area contributed by atoms with E-state index in [-0.39, 0.29) is 0 Å². The van der Waals surface area contributed by atoms with Crippen LogP contribution in [0.1, 0.15) is 5.56 Å². The number of thioether (sulfide) groups is 1. The van der Waals surface area contributed by atoms with Crippen LogP contribution in [-0.2, 0) is 10.5 Å². The summed E-state index contributed by atoms with van der Waals surface area (Å²) in [5, 5.41) is 38.3. The van der Waals surface area contributed by atoms with Gasteiger partial charge in [-0.3, -0.25) is 0 Å². The van der Waals surface area contributed by atoms with E-state index in [1.807, 2.05) is 12.1 Å². The molecule has 2 rings (SSSR count). The lowest BCUT2D eigenvalue weighted by Crippen LogP contribution is -2.57. The third-order valence-electron chi connectivity index (χ3n) is 3.24. The number of anilines is 1. The summed E-state index contributed by atoms with van der Waals surface area (Å²) in [6, 6.07) is 7.30. The molecule has 1 aromatic carbocycles. The summed E-state index contributed by atoms with van der Waals surface area (Å²) >= 11 is 1.29. The highest BCUT2D eigenvalue weighted by Crippen LogP contribution is 2.30. The first-order chi connectivity index (χ1) is 9.52. The molecule has 0 aliphatic carbocycles. The molecule has 6 N–H and O–H groups in total. The molecule has 1 heterocycles. The normalized spacial score (nSPS) is 34.1. The summed E-state index contributed by atoms with van der Waals surface area (Å²) in [6.45, 7) is -0.413. The van der Waals surface area contributed by atoms with E-state index in [2.05, 4.69) is 0 Å². The molecule has 0 spiro atoms. The molecule has 0 aromatic heterocycles. The van der Waals surface area contributed by atoms with Gasteiger partial charge in [0.05, 0.1) is 6.61 Å².